The van der Waals surface area contributed by atoms with Crippen LogP contribution in [0.2, 0.25) is 5.02 Å². The zero-order chi connectivity index (χ0) is 22.9. The van der Waals surface area contributed by atoms with Gasteiger partial charge in [-0.2, -0.15) is 0 Å². The van der Waals surface area contributed by atoms with Crippen LogP contribution in [0.1, 0.15) is 41.3 Å². The van der Waals surface area contributed by atoms with Crippen molar-refractivity contribution in [2.24, 2.45) is 5.92 Å². The number of rotatable bonds is 2. The Morgan fingerprint density at radius 2 is 2.09 bits per heavy atom. The van der Waals surface area contributed by atoms with Gasteiger partial charge in [0.1, 0.15) is 0 Å². The van der Waals surface area contributed by atoms with Crippen molar-refractivity contribution in [3.05, 3.63) is 104 Å². The number of nitrogens with one attached hydrogen (secondary N) is 1. The Labute approximate surface area is 198 Å². The maximum absolute atomic E-state index is 12.9. The molecule has 5 rings (SSSR count). The summed E-state index contributed by atoms with van der Waals surface area (Å²) in [6.07, 6.45) is 7.79. The van der Waals surface area contributed by atoms with Crippen molar-refractivity contribution in [3.8, 4) is 0 Å². The predicted octanol–water partition coefficient (Wildman–Crippen LogP) is 4.43. The number of fused-ring (bicyclic) bond motifs is 2. The van der Waals surface area contributed by atoms with Crippen LogP contribution in [0.3, 0.4) is 0 Å². The zero-order valence-corrected chi connectivity index (χ0v) is 19.4. The summed E-state index contributed by atoms with van der Waals surface area (Å²) in [7, 11) is 0. The SMILES string of the molecule is C[C@@H]1CN(C(=O)Cc2cccnc2)CC/C1=C1\c2ccc(Cl)cc2CCc2c1[nH]ccc2=O. The van der Waals surface area contributed by atoms with Crippen LogP contribution in [0.5, 0.6) is 0 Å². The minimum absolute atomic E-state index is 0.0671. The summed E-state index contributed by atoms with van der Waals surface area (Å²) in [6, 6.07) is 11.4. The van der Waals surface area contributed by atoms with Gasteiger partial charge < -0.3 is 9.88 Å². The van der Waals surface area contributed by atoms with E-state index in [1.807, 2.05) is 29.2 Å². The molecule has 1 fully saturated rings. The van der Waals surface area contributed by atoms with Gasteiger partial charge >= 0.3 is 0 Å². The van der Waals surface area contributed by atoms with Crippen molar-refractivity contribution in [3.63, 3.8) is 0 Å². The number of aromatic nitrogens is 2. The lowest BCUT2D eigenvalue weighted by Gasteiger charge is -2.35. The Balaban J connectivity index is 1.52. The number of carbonyl (C=O) groups is 1. The first kappa shape index (κ1) is 21.7. The Morgan fingerprint density at radius 3 is 2.88 bits per heavy atom. The maximum atomic E-state index is 12.9. The average molecular weight is 460 g/mol. The Morgan fingerprint density at radius 1 is 1.21 bits per heavy atom. The van der Waals surface area contributed by atoms with Gasteiger partial charge in [-0.05, 0) is 60.1 Å². The van der Waals surface area contributed by atoms with Crippen LogP contribution < -0.4 is 5.43 Å². The molecule has 0 saturated carbocycles. The second kappa shape index (κ2) is 8.99. The molecule has 0 unspecified atom stereocenters. The van der Waals surface area contributed by atoms with Crippen LogP contribution in [-0.4, -0.2) is 33.9 Å². The number of benzene rings is 1. The summed E-state index contributed by atoms with van der Waals surface area (Å²) >= 11 is 6.32. The number of likely N-dealkylation sites (tertiary alicyclic amines) is 1. The Bertz CT molecular complexity index is 1300. The summed E-state index contributed by atoms with van der Waals surface area (Å²) in [4.78, 5) is 35.1. The predicted molar refractivity (Wildman–Crippen MR) is 130 cm³/mol. The maximum Gasteiger partial charge on any atom is 0.227 e. The van der Waals surface area contributed by atoms with Gasteiger partial charge in [0.05, 0.1) is 12.1 Å². The normalized spacial score (nSPS) is 20.1. The van der Waals surface area contributed by atoms with Crippen molar-refractivity contribution in [2.75, 3.05) is 13.1 Å². The van der Waals surface area contributed by atoms with E-state index in [4.69, 9.17) is 11.6 Å². The fraction of sp³-hybridized carbons (Fsp3) is 0.296. The van der Waals surface area contributed by atoms with Crippen LogP contribution in [-0.2, 0) is 24.1 Å². The standard InChI is InChI=1S/C27H26ClN3O2/c1-17-16-31(25(33)13-18-3-2-10-29-15-18)12-9-21(17)26-22-7-5-20(28)14-19(22)4-6-23-24(32)8-11-30-27(23)26/h2-3,5,7-8,10-11,14-15,17H,4,6,9,12-13,16H2,1H3,(H,30,32)/b26-21-/t17-/m1/s1. The third-order valence-corrected chi connectivity index (χ3v) is 7.02. The lowest BCUT2D eigenvalue weighted by atomic mass is 9.83. The molecule has 0 bridgehead atoms. The van der Waals surface area contributed by atoms with Gasteiger partial charge in [0.25, 0.3) is 0 Å². The molecule has 1 aliphatic carbocycles. The first-order valence-electron chi connectivity index (χ1n) is 11.4. The summed E-state index contributed by atoms with van der Waals surface area (Å²) < 4.78 is 0. The lowest BCUT2D eigenvalue weighted by molar-refractivity contribution is -0.131. The molecule has 1 amide bonds. The van der Waals surface area contributed by atoms with Crippen molar-refractivity contribution < 1.29 is 4.79 Å². The van der Waals surface area contributed by atoms with Gasteiger partial charge in [-0.25, -0.2) is 0 Å². The number of H-pyrrole nitrogens is 1. The fourth-order valence-electron chi connectivity index (χ4n) is 5.14. The molecule has 1 atom stereocenters. The Hall–Kier alpha value is -3.18. The van der Waals surface area contributed by atoms with E-state index in [1.54, 1.807) is 24.7 Å². The number of carbonyl (C=O) groups excluding carboxylic acids is 1. The van der Waals surface area contributed by atoms with E-state index in [0.29, 0.717) is 31.0 Å². The van der Waals surface area contributed by atoms with E-state index < -0.39 is 0 Å². The zero-order valence-electron chi connectivity index (χ0n) is 18.6. The minimum Gasteiger partial charge on any atom is -0.361 e. The van der Waals surface area contributed by atoms with E-state index in [1.165, 1.54) is 5.57 Å². The number of pyridine rings is 2. The van der Waals surface area contributed by atoms with Gasteiger partial charge in [-0.3, -0.25) is 14.6 Å². The molecule has 5 nitrogen and oxygen atoms in total. The highest BCUT2D eigenvalue weighted by Crippen LogP contribution is 2.39. The fourth-order valence-corrected chi connectivity index (χ4v) is 5.34. The summed E-state index contributed by atoms with van der Waals surface area (Å²) in [5.41, 5.74) is 7.44. The second-order valence-electron chi connectivity index (χ2n) is 8.93. The molecular formula is C27H26ClN3O2. The van der Waals surface area contributed by atoms with Gasteiger partial charge in [0.2, 0.25) is 5.91 Å². The third kappa shape index (κ3) is 4.25. The quantitative estimate of drug-likeness (QED) is 0.616. The van der Waals surface area contributed by atoms with Crippen LogP contribution in [0, 0.1) is 5.92 Å². The highest BCUT2D eigenvalue weighted by Gasteiger charge is 2.30. The van der Waals surface area contributed by atoms with Crippen molar-refractivity contribution in [2.45, 2.75) is 32.6 Å². The molecule has 0 radical (unpaired) electrons. The topological polar surface area (TPSA) is 66.1 Å². The number of aryl methyl sites for hydroxylation is 1. The van der Waals surface area contributed by atoms with E-state index in [9.17, 15) is 9.59 Å². The highest BCUT2D eigenvalue weighted by atomic mass is 35.5. The number of amides is 1. The molecule has 3 heterocycles. The molecule has 1 aromatic carbocycles. The molecule has 1 aliphatic heterocycles. The number of nitrogens with zero attached hydrogens (tertiary/aromatic N) is 2. The molecular weight excluding hydrogens is 434 g/mol. The first-order chi connectivity index (χ1) is 16.0. The van der Waals surface area contributed by atoms with Crippen LogP contribution >= 0.6 is 11.6 Å². The highest BCUT2D eigenvalue weighted by molar-refractivity contribution is 6.30. The third-order valence-electron chi connectivity index (χ3n) is 6.78. The van der Waals surface area contributed by atoms with Crippen LogP contribution in [0.4, 0.5) is 0 Å². The second-order valence-corrected chi connectivity index (χ2v) is 9.36. The van der Waals surface area contributed by atoms with Crippen molar-refractivity contribution >= 4 is 23.1 Å². The monoisotopic (exact) mass is 459 g/mol. The Kier molecular flexibility index (Phi) is 5.90. The number of piperidine rings is 1. The molecule has 0 spiro atoms. The van der Waals surface area contributed by atoms with Crippen LogP contribution in [0.25, 0.3) is 5.57 Å². The molecule has 6 heteroatoms. The molecule has 168 valence electrons. The summed E-state index contributed by atoms with van der Waals surface area (Å²) in [5, 5.41) is 0.708. The van der Waals surface area contributed by atoms with Crippen molar-refractivity contribution in [1.82, 2.24) is 14.9 Å². The summed E-state index contributed by atoms with van der Waals surface area (Å²) in [6.45, 7) is 3.50. The van der Waals surface area contributed by atoms with Crippen molar-refractivity contribution in [1.29, 1.82) is 0 Å². The molecule has 2 aromatic heterocycles. The molecule has 1 saturated heterocycles. The number of hydrogen-bond donors (Lipinski definition) is 1. The average Bonchev–Trinajstić information content (AvgIpc) is 2.97. The van der Waals surface area contributed by atoms with Gasteiger partial charge in [-0.15, -0.1) is 0 Å². The van der Waals surface area contributed by atoms with E-state index in [2.05, 4.69) is 23.0 Å². The van der Waals surface area contributed by atoms with E-state index in [-0.39, 0.29) is 17.3 Å². The first-order valence-corrected chi connectivity index (χ1v) is 11.8. The van der Waals surface area contributed by atoms with Gasteiger partial charge in [-0.1, -0.05) is 36.2 Å². The van der Waals surface area contributed by atoms with Gasteiger partial charge in [0, 0.05) is 53.9 Å². The smallest absolute Gasteiger partial charge is 0.227 e. The molecule has 2 aliphatic rings. The van der Waals surface area contributed by atoms with Gasteiger partial charge in [0.15, 0.2) is 5.43 Å². The molecule has 3 aromatic rings. The minimum atomic E-state index is 0.0671. The number of hydrogen-bond acceptors (Lipinski definition) is 3. The van der Waals surface area contributed by atoms with Crippen LogP contribution in [0.15, 0.2) is 65.4 Å². The molecule has 33 heavy (non-hydrogen) atoms. The number of halogens is 1. The van der Waals surface area contributed by atoms with E-state index in [0.717, 1.165) is 46.4 Å². The summed E-state index contributed by atoms with van der Waals surface area (Å²) in [5.74, 6) is 0.297. The number of aromatic amines is 1. The lowest BCUT2D eigenvalue weighted by Crippen LogP contribution is -2.41. The molecule has 1 N–H and O–H groups in total. The largest absolute Gasteiger partial charge is 0.361 e. The van der Waals surface area contributed by atoms with E-state index >= 15 is 0 Å².